The van der Waals surface area contributed by atoms with Crippen LogP contribution in [0.5, 0.6) is 5.88 Å². The van der Waals surface area contributed by atoms with Crippen molar-refractivity contribution in [3.63, 3.8) is 0 Å². The molecule has 0 saturated heterocycles. The van der Waals surface area contributed by atoms with Gasteiger partial charge >= 0.3 is 5.97 Å². The van der Waals surface area contributed by atoms with Crippen LogP contribution in [0.3, 0.4) is 0 Å². The normalized spacial score (nSPS) is 11.7. The van der Waals surface area contributed by atoms with Crippen molar-refractivity contribution in [3.05, 3.63) is 71.3 Å². The van der Waals surface area contributed by atoms with E-state index in [1.54, 1.807) is 18.2 Å². The second-order valence-electron chi connectivity index (χ2n) is 6.08. The van der Waals surface area contributed by atoms with Gasteiger partial charge in [0.05, 0.1) is 23.7 Å². The summed E-state index contributed by atoms with van der Waals surface area (Å²) in [5, 5.41) is 18.5. The Kier molecular flexibility index (Phi) is 3.86. The molecule has 0 spiro atoms. The quantitative estimate of drug-likeness (QED) is 0.766. The maximum atomic E-state index is 11.3. The van der Waals surface area contributed by atoms with Crippen molar-refractivity contribution in [1.82, 2.24) is 4.98 Å². The van der Waals surface area contributed by atoms with Crippen molar-refractivity contribution in [2.45, 2.75) is 13.0 Å². The summed E-state index contributed by atoms with van der Waals surface area (Å²) in [5.74, 6) is -0.378. The Morgan fingerprint density at radius 3 is 2.85 bits per heavy atom. The van der Waals surface area contributed by atoms with Crippen molar-refractivity contribution in [2.75, 3.05) is 0 Å². The summed E-state index contributed by atoms with van der Waals surface area (Å²) < 4.78 is 5.82. The third-order valence-corrected chi connectivity index (χ3v) is 4.38. The number of hydrogen-bond acceptors (Lipinski definition) is 4. The van der Waals surface area contributed by atoms with Crippen LogP contribution in [0.25, 0.3) is 22.4 Å². The molecule has 26 heavy (non-hydrogen) atoms. The Morgan fingerprint density at radius 1 is 1.15 bits per heavy atom. The van der Waals surface area contributed by atoms with E-state index in [4.69, 9.17) is 4.74 Å². The lowest BCUT2D eigenvalue weighted by molar-refractivity contribution is -0.136. The van der Waals surface area contributed by atoms with Gasteiger partial charge in [-0.25, -0.2) is 4.98 Å². The zero-order chi connectivity index (χ0) is 18.1. The number of pyridine rings is 1. The number of nitriles is 1. The van der Waals surface area contributed by atoms with Crippen molar-refractivity contribution in [2.24, 2.45) is 0 Å². The number of carbonyl (C=O) groups is 1. The van der Waals surface area contributed by atoms with Crippen LogP contribution in [0.15, 0.2) is 54.6 Å². The summed E-state index contributed by atoms with van der Waals surface area (Å²) in [6.45, 7) is 0.286. The predicted octanol–water partition coefficient (Wildman–Crippen LogP) is 3.81. The highest BCUT2D eigenvalue weighted by molar-refractivity contribution is 5.81. The van der Waals surface area contributed by atoms with Crippen molar-refractivity contribution in [1.29, 1.82) is 5.26 Å². The fourth-order valence-electron chi connectivity index (χ4n) is 3.13. The maximum absolute atomic E-state index is 11.3. The predicted molar refractivity (Wildman–Crippen MR) is 95.5 cm³/mol. The topological polar surface area (TPSA) is 83.2 Å². The minimum atomic E-state index is -0.902. The van der Waals surface area contributed by atoms with E-state index in [2.05, 4.69) is 11.1 Å². The van der Waals surface area contributed by atoms with E-state index in [0.717, 1.165) is 27.9 Å². The molecule has 1 aliphatic rings. The zero-order valence-electron chi connectivity index (χ0n) is 13.8. The summed E-state index contributed by atoms with van der Waals surface area (Å²) in [5.41, 5.74) is 5.31. The number of nitrogens with zero attached hydrogens (tertiary/aromatic N) is 2. The van der Waals surface area contributed by atoms with Crippen molar-refractivity contribution < 1.29 is 14.6 Å². The van der Waals surface area contributed by atoms with Crippen LogP contribution in [0.1, 0.15) is 16.7 Å². The fourth-order valence-corrected chi connectivity index (χ4v) is 3.13. The molecule has 0 fully saturated rings. The molecule has 0 amide bonds. The number of rotatable bonds is 2. The number of carboxylic acids is 1. The Balaban J connectivity index is 2.01. The Morgan fingerprint density at radius 2 is 2.04 bits per heavy atom. The second kappa shape index (κ2) is 6.34. The SMILES string of the molecule is N#Cc1ccc2c(c1)-c1cc(ccc1CC(=O)O)-c1cccc(n1)OC2. The Hall–Kier alpha value is -3.65. The Labute approximate surface area is 150 Å². The van der Waals surface area contributed by atoms with E-state index < -0.39 is 5.97 Å². The number of benzene rings is 2. The average molecular weight is 342 g/mol. The summed E-state index contributed by atoms with van der Waals surface area (Å²) in [6.07, 6.45) is -0.0971. The monoisotopic (exact) mass is 342 g/mol. The molecule has 0 radical (unpaired) electrons. The highest BCUT2D eigenvalue weighted by atomic mass is 16.5. The molecule has 2 aromatic carbocycles. The summed E-state index contributed by atoms with van der Waals surface area (Å²) in [7, 11) is 0. The highest BCUT2D eigenvalue weighted by Crippen LogP contribution is 2.34. The van der Waals surface area contributed by atoms with Gasteiger partial charge in [-0.15, -0.1) is 0 Å². The van der Waals surface area contributed by atoms with Crippen LogP contribution >= 0.6 is 0 Å². The van der Waals surface area contributed by atoms with Crippen LogP contribution < -0.4 is 4.74 Å². The van der Waals surface area contributed by atoms with E-state index in [0.29, 0.717) is 17.0 Å². The van der Waals surface area contributed by atoms with Gasteiger partial charge in [0.25, 0.3) is 0 Å². The summed E-state index contributed by atoms with van der Waals surface area (Å²) in [6, 6.07) is 18.7. The first kappa shape index (κ1) is 15.9. The molecule has 4 rings (SSSR count). The van der Waals surface area contributed by atoms with Crippen LogP contribution in [-0.2, 0) is 17.8 Å². The molecule has 1 N–H and O–H groups in total. The van der Waals surface area contributed by atoms with Gasteiger partial charge in [-0.3, -0.25) is 4.79 Å². The first-order chi connectivity index (χ1) is 12.6. The molecule has 0 atom stereocenters. The lowest BCUT2D eigenvalue weighted by Gasteiger charge is -2.18. The van der Waals surface area contributed by atoms with E-state index >= 15 is 0 Å². The number of ether oxygens (including phenoxy) is 1. The molecule has 3 aromatic rings. The van der Waals surface area contributed by atoms with Crippen molar-refractivity contribution in [3.8, 4) is 34.3 Å². The summed E-state index contributed by atoms with van der Waals surface area (Å²) >= 11 is 0. The number of aromatic nitrogens is 1. The fraction of sp³-hybridized carbons (Fsp3) is 0.0952. The van der Waals surface area contributed by atoms with Gasteiger partial charge in [0.15, 0.2) is 0 Å². The lowest BCUT2D eigenvalue weighted by atomic mass is 9.90. The molecule has 0 unspecified atom stereocenters. The standard InChI is InChI=1S/C21H14N2O3/c22-11-13-4-5-16-12-26-20-3-1-2-19(23-20)15-7-6-14(10-21(24)25)18(9-15)17(16)8-13/h1-9H,10,12H2,(H,24,25). The van der Waals surface area contributed by atoms with Crippen LogP contribution in [0.4, 0.5) is 0 Å². The average Bonchev–Trinajstić information content (AvgIpc) is 2.66. The van der Waals surface area contributed by atoms with Crippen molar-refractivity contribution >= 4 is 5.97 Å². The molecule has 0 saturated carbocycles. The minimum Gasteiger partial charge on any atom is -0.481 e. The van der Waals surface area contributed by atoms with E-state index in [-0.39, 0.29) is 13.0 Å². The third-order valence-electron chi connectivity index (χ3n) is 4.38. The minimum absolute atomic E-state index is 0.0971. The zero-order valence-corrected chi connectivity index (χ0v) is 13.8. The molecule has 126 valence electrons. The van der Waals surface area contributed by atoms with Crippen LogP contribution in [-0.4, -0.2) is 16.1 Å². The summed E-state index contributed by atoms with van der Waals surface area (Å²) in [4.78, 5) is 15.8. The molecule has 5 heteroatoms. The van der Waals surface area contributed by atoms with Gasteiger partial charge in [-0.1, -0.05) is 24.3 Å². The third kappa shape index (κ3) is 2.89. The van der Waals surface area contributed by atoms with Crippen LogP contribution in [0, 0.1) is 11.3 Å². The second-order valence-corrected chi connectivity index (χ2v) is 6.08. The van der Waals surface area contributed by atoms with Gasteiger partial charge in [-0.2, -0.15) is 5.26 Å². The smallest absolute Gasteiger partial charge is 0.307 e. The van der Waals surface area contributed by atoms with Gasteiger partial charge in [0.1, 0.15) is 6.61 Å². The van der Waals surface area contributed by atoms with Gasteiger partial charge in [-0.05, 0) is 46.5 Å². The van der Waals surface area contributed by atoms with E-state index in [9.17, 15) is 15.2 Å². The molecule has 5 nitrogen and oxygen atoms in total. The van der Waals surface area contributed by atoms with E-state index in [1.165, 1.54) is 0 Å². The largest absolute Gasteiger partial charge is 0.481 e. The molecule has 1 aliphatic heterocycles. The maximum Gasteiger partial charge on any atom is 0.307 e. The first-order valence-electron chi connectivity index (χ1n) is 8.12. The number of hydrogen-bond donors (Lipinski definition) is 1. The van der Waals surface area contributed by atoms with Crippen LogP contribution in [0.2, 0.25) is 0 Å². The Bertz CT molecular complexity index is 1070. The molecule has 2 heterocycles. The number of carboxylic acid groups (broad SMARTS) is 1. The van der Waals surface area contributed by atoms with E-state index in [1.807, 2.05) is 36.4 Å². The first-order valence-corrected chi connectivity index (χ1v) is 8.12. The number of fused-ring (bicyclic) bond motifs is 7. The molecule has 4 bridgehead atoms. The lowest BCUT2D eigenvalue weighted by Crippen LogP contribution is -2.06. The number of aliphatic carboxylic acids is 1. The van der Waals surface area contributed by atoms with Gasteiger partial charge < -0.3 is 9.84 Å². The molecular formula is C21H14N2O3. The van der Waals surface area contributed by atoms with Gasteiger partial charge in [0.2, 0.25) is 5.88 Å². The highest BCUT2D eigenvalue weighted by Gasteiger charge is 2.17. The molecule has 0 aliphatic carbocycles. The molecular weight excluding hydrogens is 328 g/mol. The van der Waals surface area contributed by atoms with Gasteiger partial charge in [0, 0.05) is 11.6 Å². The molecule has 1 aromatic heterocycles.